The standard InChI is InChI=1S/C28H23F3N4O3S/c29-21-4-6-24(7-5-21)35-26-11-20-8-10-34(39(36,37)25-13-22(30)12-23(31)14-25)17-28(20,15-19(26)16-33-35)18-38-27-3-1-2-9-32-27/h1-7,9,11-14,16H,8,10,15,17-18H2. The van der Waals surface area contributed by atoms with Crippen molar-refractivity contribution in [2.75, 3.05) is 19.7 Å². The second kappa shape index (κ2) is 9.65. The van der Waals surface area contributed by atoms with Gasteiger partial charge in [-0.3, -0.25) is 0 Å². The molecule has 0 saturated carbocycles. The number of hydrogen-bond acceptors (Lipinski definition) is 5. The lowest BCUT2D eigenvalue weighted by Crippen LogP contribution is -2.52. The van der Waals surface area contributed by atoms with Crippen molar-refractivity contribution >= 4 is 16.1 Å². The molecule has 11 heteroatoms. The number of pyridine rings is 1. The van der Waals surface area contributed by atoms with Gasteiger partial charge in [0, 0.05) is 36.8 Å². The first-order valence-electron chi connectivity index (χ1n) is 12.3. The SMILES string of the molecule is O=S(=O)(c1cc(F)cc(F)c1)N1CCC2=Cc3c(cnn3-c3ccc(F)cc3)CC2(COc2ccccn2)C1. The maximum absolute atomic E-state index is 13.9. The molecule has 0 radical (unpaired) electrons. The van der Waals surface area contributed by atoms with Gasteiger partial charge < -0.3 is 4.74 Å². The number of sulfonamides is 1. The molecule has 1 fully saturated rings. The number of hydrogen-bond donors (Lipinski definition) is 0. The van der Waals surface area contributed by atoms with E-state index in [1.54, 1.807) is 47.4 Å². The van der Waals surface area contributed by atoms with Gasteiger partial charge in [-0.2, -0.15) is 9.40 Å². The summed E-state index contributed by atoms with van der Waals surface area (Å²) < 4.78 is 77.4. The van der Waals surface area contributed by atoms with Crippen LogP contribution in [0, 0.1) is 22.9 Å². The van der Waals surface area contributed by atoms with Crippen LogP contribution in [0.3, 0.4) is 0 Å². The molecule has 1 aliphatic heterocycles. The largest absolute Gasteiger partial charge is 0.477 e. The van der Waals surface area contributed by atoms with Crippen molar-refractivity contribution in [2.24, 2.45) is 5.41 Å². The van der Waals surface area contributed by atoms with Crippen LogP contribution in [0.4, 0.5) is 13.2 Å². The third kappa shape index (κ3) is 4.72. The van der Waals surface area contributed by atoms with Crippen LogP contribution in [0.1, 0.15) is 17.7 Å². The highest BCUT2D eigenvalue weighted by Crippen LogP contribution is 2.45. The predicted molar refractivity (Wildman–Crippen MR) is 137 cm³/mol. The molecule has 7 nitrogen and oxygen atoms in total. The van der Waals surface area contributed by atoms with Gasteiger partial charge in [0.05, 0.1) is 22.5 Å². The first-order valence-corrected chi connectivity index (χ1v) is 13.7. The molecule has 2 aromatic heterocycles. The van der Waals surface area contributed by atoms with Gasteiger partial charge in [-0.1, -0.05) is 11.6 Å². The quantitative estimate of drug-likeness (QED) is 0.344. The Balaban J connectivity index is 1.38. The van der Waals surface area contributed by atoms with E-state index in [-0.39, 0.29) is 25.5 Å². The van der Waals surface area contributed by atoms with E-state index < -0.39 is 32.0 Å². The summed E-state index contributed by atoms with van der Waals surface area (Å²) in [7, 11) is -4.20. The number of benzene rings is 2. The highest BCUT2D eigenvalue weighted by molar-refractivity contribution is 7.89. The maximum atomic E-state index is 13.9. The molecule has 200 valence electrons. The minimum atomic E-state index is -4.20. The van der Waals surface area contributed by atoms with Crippen LogP contribution >= 0.6 is 0 Å². The van der Waals surface area contributed by atoms with Gasteiger partial charge in [-0.25, -0.2) is 31.3 Å². The van der Waals surface area contributed by atoms with E-state index in [4.69, 9.17) is 4.74 Å². The summed E-state index contributed by atoms with van der Waals surface area (Å²) in [5.74, 6) is -1.88. The van der Waals surface area contributed by atoms with Crippen molar-refractivity contribution in [3.05, 3.63) is 107 Å². The number of piperidine rings is 1. The van der Waals surface area contributed by atoms with Crippen LogP contribution in [-0.4, -0.2) is 47.2 Å². The topological polar surface area (TPSA) is 77.3 Å². The van der Waals surface area contributed by atoms with Crippen LogP contribution in [-0.2, 0) is 16.4 Å². The molecular formula is C28H23F3N4O3S. The zero-order chi connectivity index (χ0) is 27.2. The van der Waals surface area contributed by atoms with E-state index >= 15 is 0 Å². The fourth-order valence-corrected chi connectivity index (χ4v) is 6.86. The lowest BCUT2D eigenvalue weighted by molar-refractivity contribution is 0.122. The van der Waals surface area contributed by atoms with E-state index in [2.05, 4.69) is 10.1 Å². The Morgan fingerprint density at radius 2 is 1.74 bits per heavy atom. The molecule has 0 bridgehead atoms. The Bertz CT molecular complexity index is 1650. The molecule has 0 spiro atoms. The highest BCUT2D eigenvalue weighted by Gasteiger charge is 2.47. The average Bonchev–Trinajstić information content (AvgIpc) is 3.33. The smallest absolute Gasteiger partial charge is 0.243 e. The third-order valence-electron chi connectivity index (χ3n) is 7.20. The normalized spacial score (nSPS) is 19.2. The molecule has 0 amide bonds. The summed E-state index contributed by atoms with van der Waals surface area (Å²) in [6, 6.07) is 13.6. The fourth-order valence-electron chi connectivity index (χ4n) is 5.29. The molecule has 1 atom stereocenters. The Labute approximate surface area is 223 Å². The molecule has 6 rings (SSSR count). The van der Waals surface area contributed by atoms with Gasteiger partial charge in [0.1, 0.15) is 24.1 Å². The summed E-state index contributed by atoms with van der Waals surface area (Å²) in [4.78, 5) is 3.79. The van der Waals surface area contributed by atoms with E-state index in [0.29, 0.717) is 30.5 Å². The Morgan fingerprint density at radius 3 is 2.46 bits per heavy atom. The second-order valence-electron chi connectivity index (χ2n) is 9.72. The zero-order valence-corrected chi connectivity index (χ0v) is 21.4. The minimum Gasteiger partial charge on any atom is -0.477 e. The number of nitrogens with zero attached hydrogens (tertiary/aromatic N) is 4. The summed E-state index contributed by atoms with van der Waals surface area (Å²) in [5, 5.41) is 4.52. The maximum Gasteiger partial charge on any atom is 0.243 e. The van der Waals surface area contributed by atoms with E-state index in [9.17, 15) is 21.6 Å². The molecule has 0 N–H and O–H groups in total. The predicted octanol–water partition coefficient (Wildman–Crippen LogP) is 4.78. The van der Waals surface area contributed by atoms with Crippen molar-refractivity contribution in [1.29, 1.82) is 0 Å². The molecule has 1 aliphatic carbocycles. The molecule has 3 heterocycles. The number of ether oxygens (including phenoxy) is 1. The lowest BCUT2D eigenvalue weighted by Gasteiger charge is -2.45. The van der Waals surface area contributed by atoms with E-state index in [0.717, 1.165) is 29.0 Å². The van der Waals surface area contributed by atoms with Crippen LogP contribution < -0.4 is 4.74 Å². The number of halogens is 3. The molecule has 4 aromatic rings. The van der Waals surface area contributed by atoms with Crippen molar-refractivity contribution < 1.29 is 26.3 Å². The first kappa shape index (κ1) is 25.3. The molecule has 2 aliphatic rings. The van der Waals surface area contributed by atoms with Crippen LogP contribution in [0.25, 0.3) is 11.8 Å². The lowest BCUT2D eigenvalue weighted by atomic mass is 9.69. The van der Waals surface area contributed by atoms with Gasteiger partial charge in [-0.15, -0.1) is 0 Å². The van der Waals surface area contributed by atoms with Crippen molar-refractivity contribution in [1.82, 2.24) is 19.1 Å². The Kier molecular flexibility index (Phi) is 6.27. The summed E-state index contributed by atoms with van der Waals surface area (Å²) in [6.45, 7) is 0.283. The molecule has 2 aromatic carbocycles. The summed E-state index contributed by atoms with van der Waals surface area (Å²) in [6.07, 6.45) is 6.08. The zero-order valence-electron chi connectivity index (χ0n) is 20.6. The van der Waals surface area contributed by atoms with Gasteiger partial charge >= 0.3 is 0 Å². The fraction of sp³-hybridized carbons (Fsp3) is 0.214. The van der Waals surface area contributed by atoms with Gasteiger partial charge in [0.2, 0.25) is 15.9 Å². The van der Waals surface area contributed by atoms with E-state index in [1.807, 2.05) is 6.08 Å². The van der Waals surface area contributed by atoms with Crippen LogP contribution in [0.2, 0.25) is 0 Å². The Morgan fingerprint density at radius 1 is 0.974 bits per heavy atom. The molecule has 1 unspecified atom stereocenters. The van der Waals surface area contributed by atoms with Crippen molar-refractivity contribution in [3.8, 4) is 11.6 Å². The van der Waals surface area contributed by atoms with Crippen molar-refractivity contribution in [2.45, 2.75) is 17.7 Å². The monoisotopic (exact) mass is 552 g/mol. The first-order chi connectivity index (χ1) is 18.7. The number of rotatable bonds is 6. The second-order valence-corrected chi connectivity index (χ2v) is 11.7. The van der Waals surface area contributed by atoms with Gasteiger partial charge in [0.25, 0.3) is 0 Å². The summed E-state index contributed by atoms with van der Waals surface area (Å²) >= 11 is 0. The van der Waals surface area contributed by atoms with Gasteiger partial charge in [-0.05, 0) is 66.9 Å². The van der Waals surface area contributed by atoms with Gasteiger partial charge in [0.15, 0.2) is 0 Å². The molecule has 1 saturated heterocycles. The average molecular weight is 553 g/mol. The van der Waals surface area contributed by atoms with Crippen LogP contribution in [0.15, 0.2) is 83.5 Å². The number of aromatic nitrogens is 3. The van der Waals surface area contributed by atoms with Crippen molar-refractivity contribution in [3.63, 3.8) is 0 Å². The third-order valence-corrected chi connectivity index (χ3v) is 9.02. The molecular weight excluding hydrogens is 529 g/mol. The minimum absolute atomic E-state index is 0.0350. The summed E-state index contributed by atoms with van der Waals surface area (Å²) in [5.41, 5.74) is 2.57. The van der Waals surface area contributed by atoms with E-state index in [1.165, 1.54) is 16.4 Å². The van der Waals surface area contributed by atoms with Crippen LogP contribution in [0.5, 0.6) is 5.88 Å². The number of fused-ring (bicyclic) bond motifs is 2. The molecule has 39 heavy (non-hydrogen) atoms. The highest BCUT2D eigenvalue weighted by atomic mass is 32.2. The Hall–Kier alpha value is -3.96.